The molecule has 2 N–H and O–H groups in total. The summed E-state index contributed by atoms with van der Waals surface area (Å²) in [5.74, 6) is 0.921. The standard InChI is InChI=1S/C21H26N2O4/c1-4-6-7-20(24)23-18-13-10-16(14-19(18)26-3)22-21(25)15-8-11-17(12-9-15)27-5-2/h8-14H,4-7H2,1-3H3,(H,22,25)(H,23,24). The average molecular weight is 370 g/mol. The quantitative estimate of drug-likeness (QED) is 0.682. The van der Waals surface area contributed by atoms with Crippen LogP contribution >= 0.6 is 0 Å². The van der Waals surface area contributed by atoms with Crippen molar-refractivity contribution in [3.63, 3.8) is 0 Å². The molecule has 0 heterocycles. The largest absolute Gasteiger partial charge is 0.494 e. The number of carbonyl (C=O) groups is 2. The summed E-state index contributed by atoms with van der Waals surface area (Å²) in [5.41, 5.74) is 1.68. The van der Waals surface area contributed by atoms with Crippen molar-refractivity contribution >= 4 is 23.2 Å². The molecule has 6 nitrogen and oxygen atoms in total. The van der Waals surface area contributed by atoms with Crippen LogP contribution in [0.25, 0.3) is 0 Å². The molecule has 27 heavy (non-hydrogen) atoms. The zero-order chi connectivity index (χ0) is 19.6. The van der Waals surface area contributed by atoms with Crippen LogP contribution in [0.3, 0.4) is 0 Å². The van der Waals surface area contributed by atoms with Gasteiger partial charge in [0.05, 0.1) is 19.4 Å². The summed E-state index contributed by atoms with van der Waals surface area (Å²) in [6, 6.07) is 12.1. The lowest BCUT2D eigenvalue weighted by Crippen LogP contribution is -2.13. The van der Waals surface area contributed by atoms with Crippen LogP contribution in [0.15, 0.2) is 42.5 Å². The van der Waals surface area contributed by atoms with Gasteiger partial charge in [0, 0.05) is 23.7 Å². The van der Waals surface area contributed by atoms with E-state index in [0.717, 1.165) is 18.6 Å². The molecule has 0 unspecified atom stereocenters. The Morgan fingerprint density at radius 3 is 2.37 bits per heavy atom. The third kappa shape index (κ3) is 6.02. The molecular formula is C21H26N2O4. The number of benzene rings is 2. The predicted octanol–water partition coefficient (Wildman–Crippen LogP) is 4.47. The Hall–Kier alpha value is -3.02. The van der Waals surface area contributed by atoms with Crippen LogP contribution in [0.5, 0.6) is 11.5 Å². The Morgan fingerprint density at radius 1 is 1.00 bits per heavy atom. The minimum absolute atomic E-state index is 0.0543. The number of nitrogens with one attached hydrogen (secondary N) is 2. The Kier molecular flexibility index (Phi) is 7.67. The molecule has 2 aromatic carbocycles. The number of hydrogen-bond acceptors (Lipinski definition) is 4. The van der Waals surface area contributed by atoms with Crippen LogP contribution in [0, 0.1) is 0 Å². The molecule has 0 bridgehead atoms. The average Bonchev–Trinajstić information content (AvgIpc) is 2.68. The number of anilines is 2. The Morgan fingerprint density at radius 2 is 1.74 bits per heavy atom. The van der Waals surface area contributed by atoms with Gasteiger partial charge >= 0.3 is 0 Å². The van der Waals surface area contributed by atoms with E-state index in [1.54, 1.807) is 42.5 Å². The first-order chi connectivity index (χ1) is 13.1. The number of ether oxygens (including phenoxy) is 2. The molecule has 0 saturated heterocycles. The lowest BCUT2D eigenvalue weighted by Gasteiger charge is -2.13. The molecule has 0 atom stereocenters. The van der Waals surface area contributed by atoms with Gasteiger partial charge in [-0.25, -0.2) is 0 Å². The topological polar surface area (TPSA) is 76.7 Å². The molecule has 0 aliphatic carbocycles. The minimum Gasteiger partial charge on any atom is -0.494 e. The van der Waals surface area contributed by atoms with Crippen molar-refractivity contribution < 1.29 is 19.1 Å². The van der Waals surface area contributed by atoms with E-state index in [4.69, 9.17) is 9.47 Å². The summed E-state index contributed by atoms with van der Waals surface area (Å²) in [4.78, 5) is 24.3. The van der Waals surface area contributed by atoms with Crippen molar-refractivity contribution in [1.82, 2.24) is 0 Å². The highest BCUT2D eigenvalue weighted by Gasteiger charge is 2.11. The molecule has 0 spiro atoms. The maximum absolute atomic E-state index is 12.4. The lowest BCUT2D eigenvalue weighted by atomic mass is 10.2. The number of unbranched alkanes of at least 4 members (excludes halogenated alkanes) is 1. The summed E-state index contributed by atoms with van der Waals surface area (Å²) in [6.07, 6.45) is 2.27. The van der Waals surface area contributed by atoms with E-state index >= 15 is 0 Å². The fourth-order valence-electron chi connectivity index (χ4n) is 2.49. The zero-order valence-corrected chi connectivity index (χ0v) is 16.0. The van der Waals surface area contributed by atoms with Crippen LogP contribution in [-0.4, -0.2) is 25.5 Å². The van der Waals surface area contributed by atoms with Crippen molar-refractivity contribution in [2.45, 2.75) is 33.1 Å². The highest BCUT2D eigenvalue weighted by atomic mass is 16.5. The van der Waals surface area contributed by atoms with Crippen LogP contribution < -0.4 is 20.1 Å². The SMILES string of the molecule is CCCCC(=O)Nc1ccc(NC(=O)c2ccc(OCC)cc2)cc1OC. The highest BCUT2D eigenvalue weighted by molar-refractivity contribution is 6.04. The number of rotatable bonds is 9. The molecule has 2 aromatic rings. The summed E-state index contributed by atoms with van der Waals surface area (Å²) in [6.45, 7) is 4.52. The van der Waals surface area contributed by atoms with Gasteiger partial charge in [-0.05, 0) is 49.7 Å². The van der Waals surface area contributed by atoms with Gasteiger partial charge in [-0.1, -0.05) is 13.3 Å². The predicted molar refractivity (Wildman–Crippen MR) is 107 cm³/mol. The van der Waals surface area contributed by atoms with Gasteiger partial charge in [0.15, 0.2) is 0 Å². The number of hydrogen-bond donors (Lipinski definition) is 2. The maximum atomic E-state index is 12.4. The molecular weight excluding hydrogens is 344 g/mol. The number of methoxy groups -OCH3 is 1. The number of carbonyl (C=O) groups excluding carboxylic acids is 2. The highest BCUT2D eigenvalue weighted by Crippen LogP contribution is 2.28. The first kappa shape index (κ1) is 20.3. The van der Waals surface area contributed by atoms with Gasteiger partial charge in [-0.2, -0.15) is 0 Å². The van der Waals surface area contributed by atoms with Crippen LogP contribution in [0.2, 0.25) is 0 Å². The van der Waals surface area contributed by atoms with E-state index in [0.29, 0.717) is 35.7 Å². The third-order valence-corrected chi connectivity index (χ3v) is 3.92. The minimum atomic E-state index is -0.236. The molecule has 6 heteroatoms. The molecule has 0 radical (unpaired) electrons. The van der Waals surface area contributed by atoms with Crippen LogP contribution in [0.1, 0.15) is 43.5 Å². The first-order valence-electron chi connectivity index (χ1n) is 9.09. The van der Waals surface area contributed by atoms with E-state index in [1.165, 1.54) is 7.11 Å². The van der Waals surface area contributed by atoms with Gasteiger partial charge in [0.25, 0.3) is 5.91 Å². The van der Waals surface area contributed by atoms with E-state index < -0.39 is 0 Å². The first-order valence-corrected chi connectivity index (χ1v) is 9.09. The Bertz CT molecular complexity index is 772. The smallest absolute Gasteiger partial charge is 0.255 e. The second-order valence-electron chi connectivity index (χ2n) is 5.98. The Balaban J connectivity index is 2.05. The molecule has 2 amide bonds. The summed E-state index contributed by atoms with van der Waals surface area (Å²) >= 11 is 0. The van der Waals surface area contributed by atoms with Crippen LogP contribution in [-0.2, 0) is 4.79 Å². The molecule has 0 saturated carbocycles. The third-order valence-electron chi connectivity index (χ3n) is 3.92. The van der Waals surface area contributed by atoms with E-state index in [9.17, 15) is 9.59 Å². The molecule has 2 rings (SSSR count). The van der Waals surface area contributed by atoms with Gasteiger partial charge in [-0.15, -0.1) is 0 Å². The molecule has 0 aromatic heterocycles. The molecule has 144 valence electrons. The van der Waals surface area contributed by atoms with Crippen LogP contribution in [0.4, 0.5) is 11.4 Å². The van der Waals surface area contributed by atoms with Gasteiger partial charge in [-0.3, -0.25) is 9.59 Å². The van der Waals surface area contributed by atoms with Crippen molar-refractivity contribution in [3.05, 3.63) is 48.0 Å². The second kappa shape index (κ2) is 10.2. The monoisotopic (exact) mass is 370 g/mol. The van der Waals surface area contributed by atoms with E-state index in [2.05, 4.69) is 10.6 Å². The molecule has 0 aliphatic heterocycles. The van der Waals surface area contributed by atoms with Gasteiger partial charge in [0.1, 0.15) is 11.5 Å². The van der Waals surface area contributed by atoms with Gasteiger partial charge in [0.2, 0.25) is 5.91 Å². The van der Waals surface area contributed by atoms with Crippen molar-refractivity contribution in [1.29, 1.82) is 0 Å². The van der Waals surface area contributed by atoms with E-state index in [1.807, 2.05) is 13.8 Å². The van der Waals surface area contributed by atoms with Crippen molar-refractivity contribution in [3.8, 4) is 11.5 Å². The lowest BCUT2D eigenvalue weighted by molar-refractivity contribution is -0.116. The zero-order valence-electron chi connectivity index (χ0n) is 16.0. The fraction of sp³-hybridized carbons (Fsp3) is 0.333. The maximum Gasteiger partial charge on any atom is 0.255 e. The summed E-state index contributed by atoms with van der Waals surface area (Å²) < 4.78 is 10.7. The fourth-order valence-corrected chi connectivity index (χ4v) is 2.49. The summed E-state index contributed by atoms with van der Waals surface area (Å²) in [5, 5.41) is 5.66. The van der Waals surface area contributed by atoms with Gasteiger partial charge < -0.3 is 20.1 Å². The van der Waals surface area contributed by atoms with Crippen molar-refractivity contribution in [2.24, 2.45) is 0 Å². The second-order valence-corrected chi connectivity index (χ2v) is 5.98. The number of amides is 2. The van der Waals surface area contributed by atoms with E-state index in [-0.39, 0.29) is 11.8 Å². The summed E-state index contributed by atoms with van der Waals surface area (Å²) in [7, 11) is 1.52. The normalized spacial score (nSPS) is 10.2. The van der Waals surface area contributed by atoms with Crippen molar-refractivity contribution in [2.75, 3.05) is 24.4 Å². The Labute approximate surface area is 159 Å². The molecule has 0 aliphatic rings. The molecule has 0 fully saturated rings.